The van der Waals surface area contributed by atoms with E-state index in [0.717, 1.165) is 37.6 Å². The second-order valence-electron chi connectivity index (χ2n) is 4.36. The maximum atomic E-state index is 9.14. The Morgan fingerprint density at radius 1 is 1.50 bits per heavy atom. The maximum Gasteiger partial charge on any atom is 0.142 e. The fraction of sp³-hybridized carbons (Fsp3) is 0.500. The molecule has 0 amide bonds. The summed E-state index contributed by atoms with van der Waals surface area (Å²) in [6.07, 6.45) is 0.985. The molecule has 1 aliphatic rings. The van der Waals surface area contributed by atoms with Crippen LogP contribution in [0.4, 0.5) is 5.69 Å². The van der Waals surface area contributed by atoms with E-state index in [2.05, 4.69) is 22.4 Å². The average Bonchev–Trinajstić information content (AvgIpc) is 2.61. The van der Waals surface area contributed by atoms with Crippen LogP contribution in [0.1, 0.15) is 13.3 Å². The molecule has 4 nitrogen and oxygen atoms in total. The Labute approximate surface area is 108 Å². The molecule has 1 aromatic rings. The van der Waals surface area contributed by atoms with Crippen LogP contribution in [0, 0.1) is 11.3 Å². The average molecular weight is 245 g/mol. The summed E-state index contributed by atoms with van der Waals surface area (Å²) < 4.78 is 5.71. The van der Waals surface area contributed by atoms with Crippen molar-refractivity contribution in [1.29, 1.82) is 5.26 Å². The van der Waals surface area contributed by atoms with E-state index in [4.69, 9.17) is 10.00 Å². The van der Waals surface area contributed by atoms with Gasteiger partial charge in [-0.3, -0.25) is 0 Å². The van der Waals surface area contributed by atoms with Gasteiger partial charge in [-0.15, -0.1) is 0 Å². The number of hydrogen-bond acceptors (Lipinski definition) is 4. The first-order valence-corrected chi connectivity index (χ1v) is 6.45. The zero-order valence-electron chi connectivity index (χ0n) is 10.7. The molecule has 1 atom stereocenters. The van der Waals surface area contributed by atoms with Crippen molar-refractivity contribution in [2.24, 2.45) is 0 Å². The zero-order valence-corrected chi connectivity index (χ0v) is 10.7. The number of benzene rings is 1. The second-order valence-corrected chi connectivity index (χ2v) is 4.36. The van der Waals surface area contributed by atoms with Gasteiger partial charge < -0.3 is 15.0 Å². The Hall–Kier alpha value is -1.73. The SMILES string of the molecule is CCNC(C#N)CN1CCCOc2ccccc21. The van der Waals surface area contributed by atoms with E-state index in [9.17, 15) is 0 Å². The quantitative estimate of drug-likeness (QED) is 0.878. The smallest absolute Gasteiger partial charge is 0.142 e. The van der Waals surface area contributed by atoms with Crippen molar-refractivity contribution in [2.45, 2.75) is 19.4 Å². The highest BCUT2D eigenvalue weighted by Gasteiger charge is 2.18. The van der Waals surface area contributed by atoms with Gasteiger partial charge in [0.15, 0.2) is 0 Å². The molecule has 96 valence electrons. The van der Waals surface area contributed by atoms with Crippen molar-refractivity contribution in [3.05, 3.63) is 24.3 Å². The molecule has 18 heavy (non-hydrogen) atoms. The largest absolute Gasteiger partial charge is 0.491 e. The number of para-hydroxylation sites is 2. The van der Waals surface area contributed by atoms with Crippen LogP contribution < -0.4 is 15.0 Å². The lowest BCUT2D eigenvalue weighted by Crippen LogP contribution is -2.40. The highest BCUT2D eigenvalue weighted by Crippen LogP contribution is 2.30. The number of likely N-dealkylation sites (N-methyl/N-ethyl adjacent to an activating group) is 1. The van der Waals surface area contributed by atoms with Gasteiger partial charge in [-0.05, 0) is 25.1 Å². The number of hydrogen-bond donors (Lipinski definition) is 1. The molecule has 0 radical (unpaired) electrons. The highest BCUT2D eigenvalue weighted by atomic mass is 16.5. The summed E-state index contributed by atoms with van der Waals surface area (Å²) in [6, 6.07) is 10.2. The Morgan fingerprint density at radius 3 is 3.11 bits per heavy atom. The first-order valence-electron chi connectivity index (χ1n) is 6.45. The van der Waals surface area contributed by atoms with Crippen molar-refractivity contribution in [2.75, 3.05) is 31.1 Å². The van der Waals surface area contributed by atoms with Crippen molar-refractivity contribution in [3.8, 4) is 11.8 Å². The minimum Gasteiger partial charge on any atom is -0.491 e. The Bertz CT molecular complexity index is 427. The van der Waals surface area contributed by atoms with Gasteiger partial charge in [0.25, 0.3) is 0 Å². The normalized spacial score (nSPS) is 16.1. The molecule has 1 unspecified atom stereocenters. The third-order valence-electron chi connectivity index (χ3n) is 3.05. The van der Waals surface area contributed by atoms with E-state index in [1.807, 2.05) is 25.1 Å². The number of nitrogens with zero attached hydrogens (tertiary/aromatic N) is 2. The summed E-state index contributed by atoms with van der Waals surface area (Å²) in [4.78, 5) is 2.24. The van der Waals surface area contributed by atoms with Crippen molar-refractivity contribution in [1.82, 2.24) is 5.32 Å². The standard InChI is InChI=1S/C14H19N3O/c1-2-16-12(10-15)11-17-8-5-9-18-14-7-4-3-6-13(14)17/h3-4,6-7,12,16H,2,5,8-9,11H2,1H3. The van der Waals surface area contributed by atoms with Crippen molar-refractivity contribution >= 4 is 5.69 Å². The fourth-order valence-electron chi connectivity index (χ4n) is 2.21. The highest BCUT2D eigenvalue weighted by molar-refractivity contribution is 5.59. The van der Waals surface area contributed by atoms with Gasteiger partial charge in [0.2, 0.25) is 0 Å². The second kappa shape index (κ2) is 6.27. The van der Waals surface area contributed by atoms with Gasteiger partial charge in [-0.1, -0.05) is 19.1 Å². The Balaban J connectivity index is 2.15. The van der Waals surface area contributed by atoms with Crippen molar-refractivity contribution < 1.29 is 4.74 Å². The van der Waals surface area contributed by atoms with Gasteiger partial charge in [0.1, 0.15) is 11.8 Å². The lowest BCUT2D eigenvalue weighted by molar-refractivity contribution is 0.322. The molecule has 0 spiro atoms. The van der Waals surface area contributed by atoms with E-state index in [-0.39, 0.29) is 6.04 Å². The molecule has 1 aromatic carbocycles. The van der Waals surface area contributed by atoms with Crippen LogP contribution in [-0.4, -0.2) is 32.3 Å². The van der Waals surface area contributed by atoms with Crippen LogP contribution in [-0.2, 0) is 0 Å². The minimum atomic E-state index is -0.138. The van der Waals surface area contributed by atoms with E-state index in [1.54, 1.807) is 0 Å². The van der Waals surface area contributed by atoms with E-state index in [1.165, 1.54) is 0 Å². The molecule has 1 heterocycles. The minimum absolute atomic E-state index is 0.138. The summed E-state index contributed by atoms with van der Waals surface area (Å²) in [5.41, 5.74) is 1.09. The number of anilines is 1. The number of nitriles is 1. The topological polar surface area (TPSA) is 48.3 Å². The van der Waals surface area contributed by atoms with Gasteiger partial charge in [0, 0.05) is 13.1 Å². The third kappa shape index (κ3) is 2.93. The summed E-state index contributed by atoms with van der Waals surface area (Å²) >= 11 is 0. The van der Waals surface area contributed by atoms with Gasteiger partial charge in [-0.2, -0.15) is 5.26 Å². The molecular weight excluding hydrogens is 226 g/mol. The van der Waals surface area contributed by atoms with Crippen LogP contribution in [0.15, 0.2) is 24.3 Å². The summed E-state index contributed by atoms with van der Waals surface area (Å²) in [7, 11) is 0. The van der Waals surface area contributed by atoms with E-state index in [0.29, 0.717) is 6.54 Å². The molecule has 0 aliphatic carbocycles. The number of rotatable bonds is 4. The van der Waals surface area contributed by atoms with Crippen LogP contribution in [0.5, 0.6) is 5.75 Å². The third-order valence-corrected chi connectivity index (χ3v) is 3.05. The fourth-order valence-corrected chi connectivity index (χ4v) is 2.21. The molecule has 1 aliphatic heterocycles. The molecule has 0 aromatic heterocycles. The molecule has 0 bridgehead atoms. The van der Waals surface area contributed by atoms with Gasteiger partial charge in [-0.25, -0.2) is 0 Å². The first kappa shape index (κ1) is 12.7. The lowest BCUT2D eigenvalue weighted by atomic mass is 10.2. The molecule has 4 heteroatoms. The van der Waals surface area contributed by atoms with Crippen LogP contribution >= 0.6 is 0 Å². The number of fused-ring (bicyclic) bond motifs is 1. The summed E-state index contributed by atoms with van der Waals surface area (Å²) in [5.74, 6) is 0.920. The molecule has 1 N–H and O–H groups in total. The van der Waals surface area contributed by atoms with E-state index >= 15 is 0 Å². The Kier molecular flexibility index (Phi) is 4.43. The van der Waals surface area contributed by atoms with Crippen LogP contribution in [0.3, 0.4) is 0 Å². The van der Waals surface area contributed by atoms with Gasteiger partial charge >= 0.3 is 0 Å². The molecular formula is C14H19N3O. The lowest BCUT2D eigenvalue weighted by Gasteiger charge is -2.26. The summed E-state index contributed by atoms with van der Waals surface area (Å²) in [5, 5.41) is 12.3. The molecule has 2 rings (SSSR count). The zero-order chi connectivity index (χ0) is 12.8. The van der Waals surface area contributed by atoms with Gasteiger partial charge in [0.05, 0.1) is 18.4 Å². The van der Waals surface area contributed by atoms with Crippen LogP contribution in [0.2, 0.25) is 0 Å². The monoisotopic (exact) mass is 245 g/mol. The number of nitrogens with one attached hydrogen (secondary N) is 1. The first-order chi connectivity index (χ1) is 8.85. The summed E-state index contributed by atoms with van der Waals surface area (Å²) in [6.45, 7) is 5.20. The Morgan fingerprint density at radius 2 is 2.33 bits per heavy atom. The molecule has 0 saturated heterocycles. The van der Waals surface area contributed by atoms with E-state index < -0.39 is 0 Å². The molecule has 0 saturated carbocycles. The number of ether oxygens (including phenoxy) is 1. The van der Waals surface area contributed by atoms with Crippen molar-refractivity contribution in [3.63, 3.8) is 0 Å². The van der Waals surface area contributed by atoms with Crippen LogP contribution in [0.25, 0.3) is 0 Å². The predicted molar refractivity (Wildman–Crippen MR) is 71.8 cm³/mol. The predicted octanol–water partition coefficient (Wildman–Crippen LogP) is 1.78. The molecule has 0 fully saturated rings. The maximum absolute atomic E-state index is 9.14.